The maximum absolute atomic E-state index is 12.8. The van der Waals surface area contributed by atoms with E-state index in [2.05, 4.69) is 15.6 Å². The monoisotopic (exact) mass is 503 g/mol. The average Bonchev–Trinajstić information content (AvgIpc) is 3.33. The Bertz CT molecular complexity index is 1310. The number of amides is 2. The molecule has 6 nitrogen and oxygen atoms in total. The fraction of sp³-hybridized carbons (Fsp3) is 0.148. The number of ether oxygens (including phenoxy) is 1. The SMILES string of the molecule is COc1ccccc1-c1csc(NC(=O)C(C)Sc2cccc(NC(=O)Cc3ccccc3)c2)n1. The fourth-order valence-corrected chi connectivity index (χ4v) is 5.05. The third kappa shape index (κ3) is 6.71. The molecule has 3 aromatic carbocycles. The van der Waals surface area contributed by atoms with E-state index in [0.29, 0.717) is 17.2 Å². The number of carbonyl (C=O) groups is 2. The number of carbonyl (C=O) groups excluding carboxylic acids is 2. The summed E-state index contributed by atoms with van der Waals surface area (Å²) in [5.41, 5.74) is 3.28. The Morgan fingerprint density at radius 2 is 1.77 bits per heavy atom. The lowest BCUT2D eigenvalue weighted by molar-refractivity contribution is -0.116. The summed E-state index contributed by atoms with van der Waals surface area (Å²) in [7, 11) is 1.62. The minimum absolute atomic E-state index is 0.0845. The summed E-state index contributed by atoms with van der Waals surface area (Å²) < 4.78 is 5.41. The number of hydrogen-bond acceptors (Lipinski definition) is 6. The number of thioether (sulfide) groups is 1. The van der Waals surface area contributed by atoms with Gasteiger partial charge in [0.1, 0.15) is 5.75 Å². The molecule has 4 rings (SSSR count). The van der Waals surface area contributed by atoms with E-state index < -0.39 is 0 Å². The Kier molecular flexibility index (Phi) is 8.18. The summed E-state index contributed by atoms with van der Waals surface area (Å²) in [6.45, 7) is 1.84. The first-order valence-corrected chi connectivity index (χ1v) is 12.8. The molecular formula is C27H25N3O3S2. The van der Waals surface area contributed by atoms with Crippen molar-refractivity contribution >= 4 is 45.7 Å². The van der Waals surface area contributed by atoms with E-state index in [-0.39, 0.29) is 17.1 Å². The molecule has 1 aromatic heterocycles. The number of rotatable bonds is 9. The predicted molar refractivity (Wildman–Crippen MR) is 143 cm³/mol. The van der Waals surface area contributed by atoms with Gasteiger partial charge < -0.3 is 15.4 Å². The lowest BCUT2D eigenvalue weighted by Crippen LogP contribution is -2.22. The van der Waals surface area contributed by atoms with Crippen LogP contribution in [0.3, 0.4) is 0 Å². The van der Waals surface area contributed by atoms with Gasteiger partial charge in [0.15, 0.2) is 5.13 Å². The van der Waals surface area contributed by atoms with E-state index in [1.807, 2.05) is 91.2 Å². The summed E-state index contributed by atoms with van der Waals surface area (Å²) in [5.74, 6) is 0.503. The van der Waals surface area contributed by atoms with E-state index in [9.17, 15) is 9.59 Å². The van der Waals surface area contributed by atoms with Crippen molar-refractivity contribution in [3.05, 3.63) is 89.8 Å². The van der Waals surface area contributed by atoms with Crippen molar-refractivity contribution in [1.82, 2.24) is 4.98 Å². The molecule has 2 N–H and O–H groups in total. The number of nitrogens with one attached hydrogen (secondary N) is 2. The van der Waals surface area contributed by atoms with E-state index >= 15 is 0 Å². The molecule has 8 heteroatoms. The molecular weight excluding hydrogens is 478 g/mol. The van der Waals surface area contributed by atoms with Crippen LogP contribution in [0.25, 0.3) is 11.3 Å². The zero-order valence-corrected chi connectivity index (χ0v) is 21.0. The zero-order valence-electron chi connectivity index (χ0n) is 19.4. The number of para-hydroxylation sites is 1. The number of methoxy groups -OCH3 is 1. The topological polar surface area (TPSA) is 80.3 Å². The van der Waals surface area contributed by atoms with E-state index in [0.717, 1.165) is 27.5 Å². The zero-order chi connectivity index (χ0) is 24.6. The smallest absolute Gasteiger partial charge is 0.239 e. The average molecular weight is 504 g/mol. The van der Waals surface area contributed by atoms with Crippen molar-refractivity contribution < 1.29 is 14.3 Å². The minimum atomic E-state index is -0.358. The van der Waals surface area contributed by atoms with Gasteiger partial charge in [-0.25, -0.2) is 4.98 Å². The molecule has 0 saturated heterocycles. The molecule has 0 saturated carbocycles. The predicted octanol–water partition coefficient (Wildman–Crippen LogP) is 6.12. The van der Waals surface area contributed by atoms with Crippen LogP contribution in [0.2, 0.25) is 0 Å². The van der Waals surface area contributed by atoms with Gasteiger partial charge in [-0.2, -0.15) is 0 Å². The van der Waals surface area contributed by atoms with Gasteiger partial charge in [-0.1, -0.05) is 48.5 Å². The lowest BCUT2D eigenvalue weighted by Gasteiger charge is -2.12. The Morgan fingerprint density at radius 1 is 1.00 bits per heavy atom. The summed E-state index contributed by atoms with van der Waals surface area (Å²) >= 11 is 2.79. The summed E-state index contributed by atoms with van der Waals surface area (Å²) in [5, 5.41) is 7.90. The van der Waals surface area contributed by atoms with E-state index in [4.69, 9.17) is 4.74 Å². The highest BCUT2D eigenvalue weighted by Gasteiger charge is 2.17. The third-order valence-corrected chi connectivity index (χ3v) is 6.98. The van der Waals surface area contributed by atoms with Crippen molar-refractivity contribution in [2.45, 2.75) is 23.5 Å². The van der Waals surface area contributed by atoms with Crippen LogP contribution in [0.4, 0.5) is 10.8 Å². The van der Waals surface area contributed by atoms with Crippen LogP contribution >= 0.6 is 23.1 Å². The molecule has 4 aromatic rings. The Labute approximate surface area is 212 Å². The molecule has 1 unspecified atom stereocenters. The fourth-order valence-electron chi connectivity index (χ4n) is 3.41. The van der Waals surface area contributed by atoms with Gasteiger partial charge in [0.2, 0.25) is 11.8 Å². The van der Waals surface area contributed by atoms with Crippen molar-refractivity contribution in [1.29, 1.82) is 0 Å². The number of hydrogen-bond donors (Lipinski definition) is 2. The van der Waals surface area contributed by atoms with E-state index in [1.165, 1.54) is 23.1 Å². The molecule has 0 bridgehead atoms. The quantitative estimate of drug-likeness (QED) is 0.269. The first kappa shape index (κ1) is 24.5. The second-order valence-corrected chi connectivity index (χ2v) is 10.00. The second-order valence-electron chi connectivity index (χ2n) is 7.73. The van der Waals surface area contributed by atoms with Crippen LogP contribution in [0.15, 0.2) is 89.1 Å². The first-order valence-electron chi connectivity index (χ1n) is 11.0. The van der Waals surface area contributed by atoms with E-state index in [1.54, 1.807) is 7.11 Å². The molecule has 0 aliphatic rings. The number of thiazole rings is 1. The van der Waals surface area contributed by atoms with Crippen LogP contribution in [-0.4, -0.2) is 29.2 Å². The highest BCUT2D eigenvalue weighted by molar-refractivity contribution is 8.00. The number of nitrogens with zero attached hydrogens (tertiary/aromatic N) is 1. The number of aromatic nitrogens is 1. The normalized spacial score (nSPS) is 11.5. The molecule has 35 heavy (non-hydrogen) atoms. The van der Waals surface area contributed by atoms with Gasteiger partial charge >= 0.3 is 0 Å². The maximum atomic E-state index is 12.8. The molecule has 0 fully saturated rings. The molecule has 1 heterocycles. The largest absolute Gasteiger partial charge is 0.496 e. The van der Waals surface area contributed by atoms with Gasteiger partial charge in [-0.15, -0.1) is 23.1 Å². The third-order valence-electron chi connectivity index (χ3n) is 5.12. The molecule has 0 radical (unpaired) electrons. The van der Waals surface area contributed by atoms with Crippen LogP contribution in [0.5, 0.6) is 5.75 Å². The molecule has 0 spiro atoms. The van der Waals surface area contributed by atoms with Crippen molar-refractivity contribution in [3.63, 3.8) is 0 Å². The Balaban J connectivity index is 1.34. The van der Waals surface area contributed by atoms with Crippen molar-refractivity contribution in [2.75, 3.05) is 17.7 Å². The van der Waals surface area contributed by atoms with Crippen LogP contribution in [0, 0.1) is 0 Å². The van der Waals surface area contributed by atoms with Gasteiger partial charge in [0, 0.05) is 21.5 Å². The molecule has 0 aliphatic carbocycles. The second kappa shape index (κ2) is 11.7. The minimum Gasteiger partial charge on any atom is -0.496 e. The van der Waals surface area contributed by atoms with Crippen LogP contribution in [0.1, 0.15) is 12.5 Å². The van der Waals surface area contributed by atoms with Crippen LogP contribution in [-0.2, 0) is 16.0 Å². The van der Waals surface area contributed by atoms with Gasteiger partial charge in [0.25, 0.3) is 0 Å². The first-order chi connectivity index (χ1) is 17.0. The highest BCUT2D eigenvalue weighted by atomic mass is 32.2. The number of anilines is 2. The Hall–Kier alpha value is -3.62. The van der Waals surface area contributed by atoms with Crippen molar-refractivity contribution in [2.24, 2.45) is 0 Å². The van der Waals surface area contributed by atoms with Crippen LogP contribution < -0.4 is 15.4 Å². The molecule has 178 valence electrons. The number of benzene rings is 3. The molecule has 2 amide bonds. The maximum Gasteiger partial charge on any atom is 0.239 e. The van der Waals surface area contributed by atoms with Gasteiger partial charge in [-0.3, -0.25) is 9.59 Å². The van der Waals surface area contributed by atoms with Gasteiger partial charge in [-0.05, 0) is 42.8 Å². The molecule has 1 atom stereocenters. The summed E-state index contributed by atoms with van der Waals surface area (Å²) in [4.78, 5) is 30.6. The summed E-state index contributed by atoms with van der Waals surface area (Å²) in [6, 6.07) is 24.7. The Morgan fingerprint density at radius 3 is 2.57 bits per heavy atom. The summed E-state index contributed by atoms with van der Waals surface area (Å²) in [6.07, 6.45) is 0.307. The lowest BCUT2D eigenvalue weighted by atomic mass is 10.1. The molecule has 0 aliphatic heterocycles. The highest BCUT2D eigenvalue weighted by Crippen LogP contribution is 2.32. The van der Waals surface area contributed by atoms with Gasteiger partial charge in [0.05, 0.1) is 24.5 Å². The standard InChI is InChI=1S/C27H25N3O3S2/c1-18(26(32)30-27-29-23(17-34-27)22-13-6-7-14-24(22)33-2)35-21-12-8-11-20(16-21)28-25(31)15-19-9-4-3-5-10-19/h3-14,16-18H,15H2,1-2H3,(H,28,31)(H,29,30,32). The van der Waals surface area contributed by atoms with Crippen molar-refractivity contribution in [3.8, 4) is 17.0 Å².